The summed E-state index contributed by atoms with van der Waals surface area (Å²) in [6.45, 7) is 0.739. The van der Waals surface area contributed by atoms with Crippen LogP contribution < -0.4 is 0 Å². The summed E-state index contributed by atoms with van der Waals surface area (Å²) in [5.41, 5.74) is 0.636. The fraction of sp³-hybridized carbons (Fsp3) is 0.357. The molecule has 1 aromatic heterocycles. The summed E-state index contributed by atoms with van der Waals surface area (Å²) >= 11 is 1.58. The van der Waals surface area contributed by atoms with Gasteiger partial charge in [-0.3, -0.25) is 0 Å². The molecule has 22 heavy (non-hydrogen) atoms. The number of rotatable bonds is 3. The van der Waals surface area contributed by atoms with E-state index in [1.54, 1.807) is 30.0 Å². The Kier molecular flexibility index (Phi) is 4.51. The van der Waals surface area contributed by atoms with Crippen LogP contribution >= 0.6 is 11.8 Å². The molecule has 1 aromatic carbocycles. The molecule has 1 fully saturated rings. The first kappa shape index (κ1) is 15.5. The molecule has 0 spiro atoms. The molecule has 0 bridgehead atoms. The lowest BCUT2D eigenvalue weighted by Gasteiger charge is -2.18. The number of hydrogen-bond donors (Lipinski definition) is 0. The maximum atomic E-state index is 13.9. The molecule has 1 atom stereocenters. The zero-order valence-electron chi connectivity index (χ0n) is 11.7. The van der Waals surface area contributed by atoms with Crippen molar-refractivity contribution in [1.82, 2.24) is 9.46 Å². The van der Waals surface area contributed by atoms with Crippen LogP contribution in [0.15, 0.2) is 46.1 Å². The predicted octanol–water partition coefficient (Wildman–Crippen LogP) is 2.68. The molecular weight excluding hydrogens is 327 g/mol. The van der Waals surface area contributed by atoms with Crippen molar-refractivity contribution in [2.75, 3.05) is 18.8 Å². The fourth-order valence-corrected chi connectivity index (χ4v) is 5.13. The van der Waals surface area contributed by atoms with Crippen LogP contribution in [0, 0.1) is 5.82 Å². The summed E-state index contributed by atoms with van der Waals surface area (Å²) in [6, 6.07) is 6.65. The van der Waals surface area contributed by atoms with Crippen LogP contribution in [0.4, 0.5) is 4.39 Å². The van der Waals surface area contributed by atoms with Crippen LogP contribution in [0.3, 0.4) is 0 Å². The Morgan fingerprint density at radius 3 is 2.86 bits per heavy atom. The summed E-state index contributed by atoms with van der Waals surface area (Å²) in [5, 5.41) is 3.41. The Labute approximate surface area is 132 Å². The minimum atomic E-state index is -3.59. The van der Waals surface area contributed by atoms with E-state index in [9.17, 15) is 12.8 Å². The molecule has 1 aliphatic heterocycles. The quantitative estimate of drug-likeness (QED) is 0.858. The monoisotopic (exact) mass is 342 g/mol. The first-order valence-corrected chi connectivity index (χ1v) is 9.33. The van der Waals surface area contributed by atoms with Crippen LogP contribution in [-0.2, 0) is 10.0 Å². The van der Waals surface area contributed by atoms with Crippen LogP contribution in [0.1, 0.15) is 17.2 Å². The predicted molar refractivity (Wildman–Crippen MR) is 81.5 cm³/mol. The van der Waals surface area contributed by atoms with E-state index in [-0.39, 0.29) is 16.0 Å². The second-order valence-electron chi connectivity index (χ2n) is 4.93. The van der Waals surface area contributed by atoms with Gasteiger partial charge in [0, 0.05) is 29.7 Å². The van der Waals surface area contributed by atoms with Crippen molar-refractivity contribution in [2.45, 2.75) is 16.6 Å². The Balaban J connectivity index is 1.77. The number of benzene rings is 1. The van der Waals surface area contributed by atoms with E-state index in [1.807, 2.05) is 0 Å². The van der Waals surface area contributed by atoms with Crippen LogP contribution in [0.25, 0.3) is 0 Å². The summed E-state index contributed by atoms with van der Waals surface area (Å²) in [6.07, 6.45) is 2.89. The van der Waals surface area contributed by atoms with E-state index in [0.29, 0.717) is 30.8 Å². The first-order valence-electron chi connectivity index (χ1n) is 6.84. The Morgan fingerprint density at radius 1 is 1.32 bits per heavy atom. The maximum Gasteiger partial charge on any atom is 0.247 e. The average molecular weight is 342 g/mol. The van der Waals surface area contributed by atoms with Crippen molar-refractivity contribution in [3.05, 3.63) is 48.1 Å². The molecule has 118 valence electrons. The average Bonchev–Trinajstić information content (AvgIpc) is 2.94. The molecule has 0 radical (unpaired) electrons. The summed E-state index contributed by atoms with van der Waals surface area (Å²) in [7, 11) is -3.59. The molecule has 0 amide bonds. The normalized spacial score (nSPS) is 20.7. The molecule has 2 aromatic rings. The molecule has 0 saturated carbocycles. The highest BCUT2D eigenvalue weighted by Crippen LogP contribution is 2.36. The summed E-state index contributed by atoms with van der Waals surface area (Å²) in [5.74, 6) is 0.374. The van der Waals surface area contributed by atoms with Gasteiger partial charge < -0.3 is 4.52 Å². The largest absolute Gasteiger partial charge is 0.363 e. The maximum absolute atomic E-state index is 13.9. The van der Waals surface area contributed by atoms with Gasteiger partial charge in [0.15, 0.2) is 0 Å². The number of sulfonamides is 1. The highest BCUT2D eigenvalue weighted by molar-refractivity contribution is 7.99. The van der Waals surface area contributed by atoms with Crippen molar-refractivity contribution in [1.29, 1.82) is 0 Å². The van der Waals surface area contributed by atoms with Crippen LogP contribution in [0.2, 0.25) is 0 Å². The number of aromatic nitrogens is 1. The molecular formula is C14H15FN2O3S2. The van der Waals surface area contributed by atoms with E-state index in [4.69, 9.17) is 0 Å². The Bertz CT molecular complexity index is 734. The summed E-state index contributed by atoms with van der Waals surface area (Å²) in [4.78, 5) is 0.0573. The van der Waals surface area contributed by atoms with Crippen LogP contribution in [0.5, 0.6) is 0 Å². The van der Waals surface area contributed by atoms with E-state index in [0.717, 1.165) is 6.26 Å². The van der Waals surface area contributed by atoms with Gasteiger partial charge in [0.05, 0.1) is 6.20 Å². The van der Waals surface area contributed by atoms with Gasteiger partial charge in [-0.05, 0) is 12.5 Å². The SMILES string of the molecule is O=S(=O)(c1cnoc1)N1CCSC(c2ccccc2F)CC1. The van der Waals surface area contributed by atoms with E-state index in [1.165, 1.54) is 16.6 Å². The molecule has 2 heterocycles. The third kappa shape index (κ3) is 3.04. The molecule has 5 nitrogen and oxygen atoms in total. The minimum Gasteiger partial charge on any atom is -0.363 e. The molecule has 0 aliphatic carbocycles. The minimum absolute atomic E-state index is 0.0381. The van der Waals surface area contributed by atoms with E-state index < -0.39 is 10.0 Å². The van der Waals surface area contributed by atoms with Gasteiger partial charge in [0.1, 0.15) is 17.0 Å². The van der Waals surface area contributed by atoms with Gasteiger partial charge in [0.25, 0.3) is 0 Å². The lowest BCUT2D eigenvalue weighted by Crippen LogP contribution is -2.32. The molecule has 1 unspecified atom stereocenters. The lowest BCUT2D eigenvalue weighted by molar-refractivity contribution is 0.412. The van der Waals surface area contributed by atoms with Crippen LogP contribution in [-0.4, -0.2) is 36.7 Å². The van der Waals surface area contributed by atoms with Gasteiger partial charge >= 0.3 is 0 Å². The van der Waals surface area contributed by atoms with Crippen molar-refractivity contribution in [3.8, 4) is 0 Å². The third-order valence-corrected chi connectivity index (χ3v) is 6.75. The van der Waals surface area contributed by atoms with E-state index >= 15 is 0 Å². The lowest BCUT2D eigenvalue weighted by atomic mass is 10.1. The number of thioether (sulfide) groups is 1. The summed E-state index contributed by atoms with van der Waals surface area (Å²) < 4.78 is 44.8. The van der Waals surface area contributed by atoms with E-state index in [2.05, 4.69) is 9.68 Å². The highest BCUT2D eigenvalue weighted by atomic mass is 32.2. The van der Waals surface area contributed by atoms with Gasteiger partial charge in [-0.1, -0.05) is 23.4 Å². The molecule has 1 saturated heterocycles. The first-order chi connectivity index (χ1) is 10.6. The fourth-order valence-electron chi connectivity index (χ4n) is 2.45. The zero-order chi connectivity index (χ0) is 15.6. The highest BCUT2D eigenvalue weighted by Gasteiger charge is 2.30. The number of halogens is 1. The van der Waals surface area contributed by atoms with Gasteiger partial charge in [-0.25, -0.2) is 12.8 Å². The van der Waals surface area contributed by atoms with Crippen molar-refractivity contribution >= 4 is 21.8 Å². The van der Waals surface area contributed by atoms with Gasteiger partial charge in [-0.2, -0.15) is 16.1 Å². The molecule has 1 aliphatic rings. The van der Waals surface area contributed by atoms with Crippen molar-refractivity contribution < 1.29 is 17.3 Å². The molecule has 3 rings (SSSR count). The topological polar surface area (TPSA) is 63.4 Å². The molecule has 8 heteroatoms. The molecule has 0 N–H and O–H groups in total. The Morgan fingerprint density at radius 2 is 2.14 bits per heavy atom. The Hall–Kier alpha value is -1.38. The second-order valence-corrected chi connectivity index (χ2v) is 8.18. The number of hydrogen-bond acceptors (Lipinski definition) is 5. The second kappa shape index (κ2) is 6.39. The van der Waals surface area contributed by atoms with Gasteiger partial charge in [0.2, 0.25) is 10.0 Å². The standard InChI is InChI=1S/C14H15FN2O3S2/c15-13-4-2-1-3-12(13)14-5-6-17(7-8-21-14)22(18,19)11-9-16-20-10-11/h1-4,9-10,14H,5-8H2. The van der Waals surface area contributed by atoms with Crippen molar-refractivity contribution in [2.24, 2.45) is 0 Å². The van der Waals surface area contributed by atoms with Crippen molar-refractivity contribution in [3.63, 3.8) is 0 Å². The van der Waals surface area contributed by atoms with Gasteiger partial charge in [-0.15, -0.1) is 0 Å². The smallest absolute Gasteiger partial charge is 0.247 e. The third-order valence-electron chi connectivity index (χ3n) is 3.60. The zero-order valence-corrected chi connectivity index (χ0v) is 13.3. The number of nitrogens with zero attached hydrogens (tertiary/aromatic N) is 2.